The van der Waals surface area contributed by atoms with Crippen LogP contribution >= 0.6 is 11.3 Å². The molecule has 1 saturated heterocycles. The van der Waals surface area contributed by atoms with Crippen LogP contribution in [0.3, 0.4) is 0 Å². The minimum atomic E-state index is 0.181. The normalized spacial score (nSPS) is 15.0. The number of hydrogen-bond donors (Lipinski definition) is 0. The van der Waals surface area contributed by atoms with E-state index in [4.69, 9.17) is 0 Å². The highest BCUT2D eigenvalue weighted by molar-refractivity contribution is 7.16. The maximum Gasteiger partial charge on any atom is 0.263 e. The van der Waals surface area contributed by atoms with Crippen molar-refractivity contribution in [2.24, 2.45) is 0 Å². The molecule has 0 atom stereocenters. The summed E-state index contributed by atoms with van der Waals surface area (Å²) in [6, 6.07) is 14.4. The van der Waals surface area contributed by atoms with Gasteiger partial charge in [-0.15, -0.1) is 11.3 Å². The van der Waals surface area contributed by atoms with Crippen LogP contribution in [-0.2, 0) is 0 Å². The van der Waals surface area contributed by atoms with Crippen LogP contribution in [0, 0.1) is 0 Å². The van der Waals surface area contributed by atoms with Gasteiger partial charge in [-0.05, 0) is 42.5 Å². The lowest BCUT2D eigenvalue weighted by molar-refractivity contribution is 0.0797. The zero-order chi connectivity index (χ0) is 14.2. The first-order chi connectivity index (χ1) is 10.3. The maximum atomic E-state index is 12.4. The van der Waals surface area contributed by atoms with Crippen molar-refractivity contribution in [2.75, 3.05) is 13.1 Å². The molecule has 2 aromatic heterocycles. The summed E-state index contributed by atoms with van der Waals surface area (Å²) in [7, 11) is 0. The Labute approximate surface area is 127 Å². The first kappa shape index (κ1) is 12.7. The van der Waals surface area contributed by atoms with Crippen molar-refractivity contribution in [1.29, 1.82) is 0 Å². The first-order valence-corrected chi connectivity index (χ1v) is 8.10. The first-order valence-electron chi connectivity index (χ1n) is 7.28. The van der Waals surface area contributed by atoms with E-state index in [2.05, 4.69) is 29.0 Å². The number of carbonyl (C=O) groups excluding carboxylic acids is 1. The summed E-state index contributed by atoms with van der Waals surface area (Å²) in [5.74, 6) is 0.181. The predicted molar refractivity (Wildman–Crippen MR) is 86.3 cm³/mol. The summed E-state index contributed by atoms with van der Waals surface area (Å²) in [5, 5.41) is 2.32. The number of para-hydroxylation sites is 1. The molecule has 0 radical (unpaired) electrons. The minimum Gasteiger partial charge on any atom is -0.338 e. The van der Waals surface area contributed by atoms with Crippen molar-refractivity contribution in [3.8, 4) is 5.00 Å². The van der Waals surface area contributed by atoms with Gasteiger partial charge in [0.1, 0.15) is 5.00 Å². The molecule has 1 aliphatic heterocycles. The summed E-state index contributed by atoms with van der Waals surface area (Å²) in [6.07, 6.45) is 4.33. The Morgan fingerprint density at radius 3 is 2.67 bits per heavy atom. The van der Waals surface area contributed by atoms with Crippen LogP contribution in [0.2, 0.25) is 0 Å². The molecule has 21 heavy (non-hydrogen) atoms. The van der Waals surface area contributed by atoms with Crippen LogP contribution in [-0.4, -0.2) is 28.5 Å². The topological polar surface area (TPSA) is 25.2 Å². The van der Waals surface area contributed by atoms with Crippen molar-refractivity contribution in [1.82, 2.24) is 9.47 Å². The third-order valence-electron chi connectivity index (χ3n) is 4.03. The molecule has 0 bridgehead atoms. The van der Waals surface area contributed by atoms with Crippen molar-refractivity contribution in [3.63, 3.8) is 0 Å². The highest BCUT2D eigenvalue weighted by atomic mass is 32.1. The number of fused-ring (bicyclic) bond motifs is 1. The van der Waals surface area contributed by atoms with Crippen LogP contribution < -0.4 is 0 Å². The zero-order valence-electron chi connectivity index (χ0n) is 11.7. The van der Waals surface area contributed by atoms with Gasteiger partial charge in [-0.3, -0.25) is 4.79 Å². The van der Waals surface area contributed by atoms with Gasteiger partial charge in [-0.1, -0.05) is 18.2 Å². The summed E-state index contributed by atoms with van der Waals surface area (Å²) in [6.45, 7) is 1.80. The standard InChI is InChI=1S/C17H16N2OS/c20-17(18-10-3-4-11-18)15-7-8-16(21-15)19-12-9-13-5-1-2-6-14(13)19/h1-2,5-9,12H,3-4,10-11H2. The largest absolute Gasteiger partial charge is 0.338 e. The predicted octanol–water partition coefficient (Wildman–Crippen LogP) is 3.93. The van der Waals surface area contributed by atoms with Gasteiger partial charge in [0, 0.05) is 19.3 Å². The number of benzene rings is 1. The van der Waals surface area contributed by atoms with Gasteiger partial charge in [-0.2, -0.15) is 0 Å². The molecule has 0 aliphatic carbocycles. The summed E-state index contributed by atoms with van der Waals surface area (Å²) in [5.41, 5.74) is 1.18. The zero-order valence-corrected chi connectivity index (χ0v) is 12.5. The van der Waals surface area contributed by atoms with E-state index in [9.17, 15) is 4.79 Å². The van der Waals surface area contributed by atoms with E-state index < -0.39 is 0 Å². The Morgan fingerprint density at radius 1 is 1.00 bits per heavy atom. The van der Waals surface area contributed by atoms with Gasteiger partial charge in [0.2, 0.25) is 0 Å². The van der Waals surface area contributed by atoms with E-state index in [0.29, 0.717) is 0 Å². The fraction of sp³-hybridized carbons (Fsp3) is 0.235. The fourth-order valence-electron chi connectivity index (χ4n) is 2.92. The molecule has 4 rings (SSSR count). The quantitative estimate of drug-likeness (QED) is 0.703. The molecule has 3 aromatic rings. The van der Waals surface area contributed by atoms with Gasteiger partial charge in [-0.25, -0.2) is 0 Å². The third kappa shape index (κ3) is 2.16. The average molecular weight is 296 g/mol. The van der Waals surface area contributed by atoms with Crippen molar-refractivity contribution in [3.05, 3.63) is 53.5 Å². The van der Waals surface area contributed by atoms with E-state index >= 15 is 0 Å². The van der Waals surface area contributed by atoms with Crippen LogP contribution in [0.15, 0.2) is 48.7 Å². The molecule has 4 heteroatoms. The van der Waals surface area contributed by atoms with Crippen molar-refractivity contribution < 1.29 is 4.79 Å². The molecule has 0 unspecified atom stereocenters. The Balaban J connectivity index is 1.69. The molecular weight excluding hydrogens is 280 g/mol. The number of rotatable bonds is 2. The number of nitrogens with zero attached hydrogens (tertiary/aromatic N) is 2. The maximum absolute atomic E-state index is 12.4. The lowest BCUT2D eigenvalue weighted by atomic mass is 10.2. The Hall–Kier alpha value is -2.07. The minimum absolute atomic E-state index is 0.181. The van der Waals surface area contributed by atoms with E-state index in [1.54, 1.807) is 11.3 Å². The number of likely N-dealkylation sites (tertiary alicyclic amines) is 1. The average Bonchev–Trinajstić information content (AvgIpc) is 3.25. The Kier molecular flexibility index (Phi) is 3.04. The third-order valence-corrected chi connectivity index (χ3v) is 5.11. The number of hydrogen-bond acceptors (Lipinski definition) is 2. The second kappa shape index (κ2) is 5.04. The van der Waals surface area contributed by atoms with Crippen LogP contribution in [0.5, 0.6) is 0 Å². The summed E-state index contributed by atoms with van der Waals surface area (Å²) in [4.78, 5) is 15.2. The molecule has 3 nitrogen and oxygen atoms in total. The van der Waals surface area contributed by atoms with E-state index in [-0.39, 0.29) is 5.91 Å². The van der Waals surface area contributed by atoms with Crippen molar-refractivity contribution in [2.45, 2.75) is 12.8 Å². The van der Waals surface area contributed by atoms with Crippen LogP contribution in [0.4, 0.5) is 0 Å². The van der Waals surface area contributed by atoms with Gasteiger partial charge >= 0.3 is 0 Å². The second-order valence-electron chi connectivity index (χ2n) is 5.38. The number of amides is 1. The van der Waals surface area contributed by atoms with Gasteiger partial charge in [0.25, 0.3) is 5.91 Å². The Bertz CT molecular complexity index is 796. The SMILES string of the molecule is O=C(c1ccc(-n2ccc3ccccc32)s1)N1CCCC1. The molecule has 1 fully saturated rings. The fourth-order valence-corrected chi connectivity index (χ4v) is 3.89. The Morgan fingerprint density at radius 2 is 1.81 bits per heavy atom. The summed E-state index contributed by atoms with van der Waals surface area (Å²) < 4.78 is 2.15. The van der Waals surface area contributed by atoms with Gasteiger partial charge in [0.15, 0.2) is 0 Å². The van der Waals surface area contributed by atoms with E-state index in [1.165, 1.54) is 10.9 Å². The van der Waals surface area contributed by atoms with E-state index in [1.807, 2.05) is 29.2 Å². The number of aromatic nitrogens is 1. The van der Waals surface area contributed by atoms with Crippen LogP contribution in [0.1, 0.15) is 22.5 Å². The van der Waals surface area contributed by atoms with Crippen molar-refractivity contribution >= 4 is 28.1 Å². The lowest BCUT2D eigenvalue weighted by Gasteiger charge is -2.13. The highest BCUT2D eigenvalue weighted by Crippen LogP contribution is 2.27. The number of carbonyl (C=O) groups is 1. The van der Waals surface area contributed by atoms with Gasteiger partial charge in [0.05, 0.1) is 10.4 Å². The second-order valence-corrected chi connectivity index (χ2v) is 6.44. The summed E-state index contributed by atoms with van der Waals surface area (Å²) >= 11 is 1.57. The van der Waals surface area contributed by atoms with E-state index in [0.717, 1.165) is 35.8 Å². The molecule has 106 valence electrons. The van der Waals surface area contributed by atoms with Crippen LogP contribution in [0.25, 0.3) is 15.9 Å². The molecule has 0 spiro atoms. The smallest absolute Gasteiger partial charge is 0.263 e. The van der Waals surface area contributed by atoms with Gasteiger partial charge < -0.3 is 9.47 Å². The highest BCUT2D eigenvalue weighted by Gasteiger charge is 2.21. The molecule has 0 N–H and O–H groups in total. The molecule has 1 aromatic carbocycles. The molecule has 0 saturated carbocycles. The monoisotopic (exact) mass is 296 g/mol. The molecular formula is C17H16N2OS. The molecule has 1 amide bonds. The lowest BCUT2D eigenvalue weighted by Crippen LogP contribution is -2.26. The molecule has 3 heterocycles. The number of thiophene rings is 1. The molecule has 1 aliphatic rings.